The Morgan fingerprint density at radius 3 is 2.52 bits per heavy atom. The van der Waals surface area contributed by atoms with E-state index >= 15 is 0 Å². The van der Waals surface area contributed by atoms with Crippen LogP contribution in [0.1, 0.15) is 56.0 Å². The first-order chi connectivity index (χ1) is 10.9. The van der Waals surface area contributed by atoms with Gasteiger partial charge in [0, 0.05) is 24.6 Å². The molecule has 4 heteroatoms. The van der Waals surface area contributed by atoms with E-state index in [2.05, 4.69) is 32.7 Å². The highest BCUT2D eigenvalue weighted by Crippen LogP contribution is 2.45. The van der Waals surface area contributed by atoms with Crippen LogP contribution in [-0.4, -0.2) is 41.8 Å². The minimum Gasteiger partial charge on any atom is -0.478 e. The van der Waals surface area contributed by atoms with Crippen LogP contribution in [0.3, 0.4) is 0 Å². The number of nitrogens with zero attached hydrogens (tertiary/aromatic N) is 1. The number of rotatable bonds is 8. The third kappa shape index (κ3) is 4.12. The lowest BCUT2D eigenvalue weighted by Crippen LogP contribution is -2.61. The average molecular weight is 319 g/mol. The van der Waals surface area contributed by atoms with Gasteiger partial charge in [0.1, 0.15) is 0 Å². The average Bonchev–Trinajstić information content (AvgIpc) is 2.50. The number of aromatic carboxylic acids is 1. The van der Waals surface area contributed by atoms with E-state index in [1.54, 1.807) is 12.1 Å². The summed E-state index contributed by atoms with van der Waals surface area (Å²) in [4.78, 5) is 13.3. The van der Waals surface area contributed by atoms with Gasteiger partial charge in [0.2, 0.25) is 0 Å². The summed E-state index contributed by atoms with van der Waals surface area (Å²) < 4.78 is 6.01. The molecule has 1 fully saturated rings. The Bertz CT molecular complexity index is 524. The maximum Gasteiger partial charge on any atom is 0.335 e. The van der Waals surface area contributed by atoms with E-state index in [1.807, 2.05) is 12.1 Å². The van der Waals surface area contributed by atoms with Crippen LogP contribution in [0.15, 0.2) is 24.3 Å². The summed E-state index contributed by atoms with van der Waals surface area (Å²) >= 11 is 0. The molecule has 128 valence electrons. The van der Waals surface area contributed by atoms with Gasteiger partial charge in [-0.05, 0) is 37.6 Å². The SMILES string of the molecule is CCCCOC1CC(N(C)Cc2ccc(C(=O)O)cc2)C1(C)C. The summed E-state index contributed by atoms with van der Waals surface area (Å²) in [6, 6.07) is 7.65. The monoisotopic (exact) mass is 319 g/mol. The van der Waals surface area contributed by atoms with Gasteiger partial charge in [-0.2, -0.15) is 0 Å². The molecular formula is C19H29NO3. The van der Waals surface area contributed by atoms with Crippen molar-refractivity contribution in [3.05, 3.63) is 35.4 Å². The van der Waals surface area contributed by atoms with E-state index < -0.39 is 5.97 Å². The van der Waals surface area contributed by atoms with Gasteiger partial charge in [0.05, 0.1) is 11.7 Å². The van der Waals surface area contributed by atoms with Gasteiger partial charge in [0.15, 0.2) is 0 Å². The van der Waals surface area contributed by atoms with Crippen molar-refractivity contribution >= 4 is 5.97 Å². The molecule has 0 bridgehead atoms. The van der Waals surface area contributed by atoms with E-state index in [0.717, 1.165) is 31.6 Å². The van der Waals surface area contributed by atoms with Crippen LogP contribution in [0.5, 0.6) is 0 Å². The van der Waals surface area contributed by atoms with Crippen LogP contribution in [-0.2, 0) is 11.3 Å². The molecule has 2 rings (SSSR count). The second-order valence-corrected chi connectivity index (χ2v) is 7.20. The number of carboxylic acids is 1. The lowest BCUT2D eigenvalue weighted by Gasteiger charge is -2.55. The molecule has 0 saturated heterocycles. The molecule has 1 aromatic carbocycles. The zero-order valence-electron chi connectivity index (χ0n) is 14.7. The molecule has 1 aromatic rings. The molecule has 23 heavy (non-hydrogen) atoms. The molecular weight excluding hydrogens is 290 g/mol. The van der Waals surface area contributed by atoms with E-state index in [0.29, 0.717) is 17.7 Å². The van der Waals surface area contributed by atoms with Crippen LogP contribution in [0, 0.1) is 5.41 Å². The number of benzene rings is 1. The van der Waals surface area contributed by atoms with Crippen molar-refractivity contribution in [1.82, 2.24) is 4.90 Å². The van der Waals surface area contributed by atoms with Crippen molar-refractivity contribution in [2.24, 2.45) is 5.41 Å². The fourth-order valence-corrected chi connectivity index (χ4v) is 3.42. The van der Waals surface area contributed by atoms with Crippen molar-refractivity contribution in [2.45, 2.75) is 58.7 Å². The fraction of sp³-hybridized carbons (Fsp3) is 0.632. The quantitative estimate of drug-likeness (QED) is 0.740. The van der Waals surface area contributed by atoms with Gasteiger partial charge in [-0.25, -0.2) is 4.79 Å². The summed E-state index contributed by atoms with van der Waals surface area (Å²) in [6.45, 7) is 8.43. The zero-order chi connectivity index (χ0) is 17.0. The molecule has 1 aliphatic rings. The van der Waals surface area contributed by atoms with Gasteiger partial charge >= 0.3 is 5.97 Å². The third-order valence-corrected chi connectivity index (χ3v) is 5.11. The topological polar surface area (TPSA) is 49.8 Å². The predicted octanol–water partition coefficient (Wildman–Crippen LogP) is 3.80. The van der Waals surface area contributed by atoms with Crippen molar-refractivity contribution in [3.8, 4) is 0 Å². The molecule has 2 unspecified atom stereocenters. The Labute approximate surface area is 139 Å². The Kier molecular flexibility index (Phi) is 5.82. The minimum atomic E-state index is -0.878. The first-order valence-corrected chi connectivity index (χ1v) is 8.50. The van der Waals surface area contributed by atoms with Crippen molar-refractivity contribution < 1.29 is 14.6 Å². The molecule has 1 N–H and O–H groups in total. The first-order valence-electron chi connectivity index (χ1n) is 8.50. The number of hydrogen-bond acceptors (Lipinski definition) is 3. The standard InChI is InChI=1S/C19H29NO3/c1-5-6-11-23-17-12-16(19(17,2)3)20(4)13-14-7-9-15(10-8-14)18(21)22/h7-10,16-17H,5-6,11-13H2,1-4H3,(H,21,22). The molecule has 0 radical (unpaired) electrons. The minimum absolute atomic E-state index is 0.156. The molecule has 0 aliphatic heterocycles. The van der Waals surface area contributed by atoms with E-state index in [-0.39, 0.29) is 5.41 Å². The van der Waals surface area contributed by atoms with E-state index in [1.165, 1.54) is 6.42 Å². The Hall–Kier alpha value is -1.39. The van der Waals surface area contributed by atoms with E-state index in [4.69, 9.17) is 9.84 Å². The normalized spacial score (nSPS) is 22.8. The summed E-state index contributed by atoms with van der Waals surface area (Å²) in [7, 11) is 2.14. The van der Waals surface area contributed by atoms with Gasteiger partial charge in [0.25, 0.3) is 0 Å². The van der Waals surface area contributed by atoms with Crippen LogP contribution < -0.4 is 0 Å². The van der Waals surface area contributed by atoms with Gasteiger partial charge in [-0.3, -0.25) is 4.90 Å². The smallest absolute Gasteiger partial charge is 0.335 e. The van der Waals surface area contributed by atoms with Crippen LogP contribution in [0.25, 0.3) is 0 Å². The lowest BCUT2D eigenvalue weighted by atomic mass is 9.63. The molecule has 2 atom stereocenters. The van der Waals surface area contributed by atoms with E-state index in [9.17, 15) is 4.79 Å². The number of hydrogen-bond donors (Lipinski definition) is 1. The van der Waals surface area contributed by atoms with Crippen LogP contribution >= 0.6 is 0 Å². The largest absolute Gasteiger partial charge is 0.478 e. The molecule has 0 amide bonds. The molecule has 1 aliphatic carbocycles. The van der Waals surface area contributed by atoms with Crippen molar-refractivity contribution in [1.29, 1.82) is 0 Å². The number of carbonyl (C=O) groups is 1. The highest BCUT2D eigenvalue weighted by atomic mass is 16.5. The highest BCUT2D eigenvalue weighted by Gasteiger charge is 2.50. The number of carboxylic acid groups (broad SMARTS) is 1. The number of ether oxygens (including phenoxy) is 1. The van der Waals surface area contributed by atoms with Crippen molar-refractivity contribution in [2.75, 3.05) is 13.7 Å². The van der Waals surface area contributed by atoms with Crippen molar-refractivity contribution in [3.63, 3.8) is 0 Å². The molecule has 0 spiro atoms. The Balaban J connectivity index is 1.89. The van der Waals surface area contributed by atoms with Gasteiger partial charge in [-0.1, -0.05) is 39.3 Å². The van der Waals surface area contributed by atoms with Gasteiger partial charge in [-0.15, -0.1) is 0 Å². The predicted molar refractivity (Wildman–Crippen MR) is 91.7 cm³/mol. The summed E-state index contributed by atoms with van der Waals surface area (Å²) in [5.41, 5.74) is 1.64. The maximum absolute atomic E-state index is 10.9. The molecule has 0 aromatic heterocycles. The maximum atomic E-state index is 10.9. The Morgan fingerprint density at radius 2 is 2.00 bits per heavy atom. The second-order valence-electron chi connectivity index (χ2n) is 7.20. The summed E-state index contributed by atoms with van der Waals surface area (Å²) in [5.74, 6) is -0.878. The fourth-order valence-electron chi connectivity index (χ4n) is 3.42. The zero-order valence-corrected chi connectivity index (χ0v) is 14.7. The third-order valence-electron chi connectivity index (χ3n) is 5.11. The van der Waals surface area contributed by atoms with Crippen LogP contribution in [0.4, 0.5) is 0 Å². The van der Waals surface area contributed by atoms with Crippen LogP contribution in [0.2, 0.25) is 0 Å². The van der Waals surface area contributed by atoms with Gasteiger partial charge < -0.3 is 9.84 Å². The highest BCUT2D eigenvalue weighted by molar-refractivity contribution is 5.87. The molecule has 0 heterocycles. The summed E-state index contributed by atoms with van der Waals surface area (Å²) in [6.07, 6.45) is 3.71. The molecule has 1 saturated carbocycles. The lowest BCUT2D eigenvalue weighted by molar-refractivity contribution is -0.149. The summed E-state index contributed by atoms with van der Waals surface area (Å²) in [5, 5.41) is 8.96. The second kappa shape index (κ2) is 7.45. The Morgan fingerprint density at radius 1 is 1.35 bits per heavy atom. The first kappa shape index (κ1) is 18.0. The molecule has 4 nitrogen and oxygen atoms in total. The number of unbranched alkanes of at least 4 members (excludes halogenated alkanes) is 1.